The molecule has 1 N–H and O–H groups in total. The van der Waals surface area contributed by atoms with Gasteiger partial charge in [-0.2, -0.15) is 15.8 Å². The number of hydrogen-bond donors (Lipinski definition) is 1. The van der Waals surface area contributed by atoms with E-state index in [9.17, 15) is 20.6 Å². The quantitative estimate of drug-likeness (QED) is 0.555. The van der Waals surface area contributed by atoms with Crippen LogP contribution in [-0.4, -0.2) is 29.8 Å². The molecule has 1 heterocycles. The number of benzene rings is 2. The Hall–Kier alpha value is -3.83. The van der Waals surface area contributed by atoms with E-state index >= 15 is 0 Å². The highest BCUT2D eigenvalue weighted by Gasteiger charge is 2.59. The van der Waals surface area contributed by atoms with Crippen molar-refractivity contribution >= 4 is 35.0 Å². The first-order valence-corrected chi connectivity index (χ1v) is 11.5. The van der Waals surface area contributed by atoms with Crippen LogP contribution in [0.1, 0.15) is 17.0 Å². The van der Waals surface area contributed by atoms with E-state index in [0.29, 0.717) is 11.1 Å². The first kappa shape index (κ1) is 24.3. The maximum absolute atomic E-state index is 12.9. The van der Waals surface area contributed by atoms with Crippen molar-refractivity contribution in [3.63, 3.8) is 0 Å². The van der Waals surface area contributed by atoms with Gasteiger partial charge in [-0.3, -0.25) is 0 Å². The normalized spacial score (nSPS) is 22.6. The summed E-state index contributed by atoms with van der Waals surface area (Å²) in [4.78, 5) is 14.4. The van der Waals surface area contributed by atoms with Gasteiger partial charge in [0.15, 0.2) is 5.41 Å². The van der Waals surface area contributed by atoms with Crippen LogP contribution in [0.25, 0.3) is 0 Å². The third-order valence-electron chi connectivity index (χ3n) is 6.56. The Morgan fingerprint density at radius 1 is 1.09 bits per heavy atom. The summed E-state index contributed by atoms with van der Waals surface area (Å²) in [5.74, 6) is -2.69. The fourth-order valence-corrected chi connectivity index (χ4v) is 5.52. The van der Waals surface area contributed by atoms with Crippen molar-refractivity contribution in [1.29, 1.82) is 21.2 Å². The number of nitrogens with zero attached hydrogens (tertiary/aromatic N) is 4. The summed E-state index contributed by atoms with van der Waals surface area (Å²) in [7, 11) is 0. The Morgan fingerprint density at radius 2 is 1.74 bits per heavy atom. The standard InChI is InChI=1S/C26H19Cl2N5O2/c27-20-7-4-8-21(28)22(20)23-19-12-33(25(34)35-13-16-5-2-1-3-6-16)10-9-17(19)18(11-29)24(32)26(23,14-30)15-31/h1-9,18-19,23,32H,10,12-13H2/t18?,19-,23-/m0/s1. The smallest absolute Gasteiger partial charge is 0.410 e. The molecule has 35 heavy (non-hydrogen) atoms. The second-order valence-corrected chi connectivity index (χ2v) is 9.19. The fraction of sp³-hybridized carbons (Fsp3) is 0.269. The van der Waals surface area contributed by atoms with Crippen molar-refractivity contribution in [2.75, 3.05) is 13.1 Å². The van der Waals surface area contributed by atoms with E-state index in [1.54, 1.807) is 24.3 Å². The first-order chi connectivity index (χ1) is 16.9. The topological polar surface area (TPSA) is 125 Å². The zero-order valence-electron chi connectivity index (χ0n) is 18.4. The molecule has 0 saturated heterocycles. The van der Waals surface area contributed by atoms with Gasteiger partial charge >= 0.3 is 6.09 Å². The van der Waals surface area contributed by atoms with Gasteiger partial charge in [0.2, 0.25) is 0 Å². The number of fused-ring (bicyclic) bond motifs is 1. The number of nitriles is 3. The Bertz CT molecular complexity index is 1300. The molecule has 9 heteroatoms. The molecule has 0 aromatic heterocycles. The largest absolute Gasteiger partial charge is 0.445 e. The van der Waals surface area contributed by atoms with Crippen LogP contribution in [0.4, 0.5) is 4.79 Å². The number of hydrogen-bond acceptors (Lipinski definition) is 6. The number of carbonyl (C=O) groups is 1. The molecule has 1 aliphatic heterocycles. The molecule has 3 atom stereocenters. The summed E-state index contributed by atoms with van der Waals surface area (Å²) in [5, 5.41) is 39.4. The average Bonchev–Trinajstić information content (AvgIpc) is 2.88. The Morgan fingerprint density at radius 3 is 2.34 bits per heavy atom. The summed E-state index contributed by atoms with van der Waals surface area (Å²) < 4.78 is 5.48. The van der Waals surface area contributed by atoms with Gasteiger partial charge in [-0.25, -0.2) is 4.79 Å². The van der Waals surface area contributed by atoms with Gasteiger partial charge in [-0.05, 0) is 28.8 Å². The molecule has 2 aliphatic rings. The highest BCUT2D eigenvalue weighted by atomic mass is 35.5. The number of carbonyl (C=O) groups excluding carboxylic acids is 1. The van der Waals surface area contributed by atoms with Crippen LogP contribution in [0.2, 0.25) is 10.0 Å². The summed E-state index contributed by atoms with van der Waals surface area (Å²) in [6.07, 6.45) is 1.14. The Labute approximate surface area is 212 Å². The molecule has 1 unspecified atom stereocenters. The van der Waals surface area contributed by atoms with E-state index in [2.05, 4.69) is 6.07 Å². The van der Waals surface area contributed by atoms with E-state index in [-0.39, 0.29) is 35.5 Å². The molecule has 7 nitrogen and oxygen atoms in total. The van der Waals surface area contributed by atoms with Crippen LogP contribution in [0, 0.1) is 56.7 Å². The Kier molecular flexibility index (Phi) is 6.81. The van der Waals surface area contributed by atoms with Gasteiger partial charge < -0.3 is 15.0 Å². The highest BCUT2D eigenvalue weighted by molar-refractivity contribution is 6.36. The monoisotopic (exact) mass is 503 g/mol. The van der Waals surface area contributed by atoms with Crippen molar-refractivity contribution in [3.05, 3.63) is 81.4 Å². The summed E-state index contributed by atoms with van der Waals surface area (Å²) in [6, 6.07) is 20.1. The maximum Gasteiger partial charge on any atom is 0.410 e. The van der Waals surface area contributed by atoms with Crippen molar-refractivity contribution in [3.8, 4) is 18.2 Å². The van der Waals surface area contributed by atoms with Crippen molar-refractivity contribution in [1.82, 2.24) is 4.90 Å². The van der Waals surface area contributed by atoms with Gasteiger partial charge in [0.05, 0.1) is 23.9 Å². The average molecular weight is 504 g/mol. The summed E-state index contributed by atoms with van der Waals surface area (Å²) in [5.41, 5.74) is -0.553. The molecule has 174 valence electrons. The molecular formula is C26H19Cl2N5O2. The van der Waals surface area contributed by atoms with Crippen LogP contribution in [0.15, 0.2) is 60.2 Å². The molecule has 4 rings (SSSR count). The number of ether oxygens (including phenoxy) is 1. The Balaban J connectivity index is 1.76. The van der Waals surface area contributed by atoms with E-state index in [1.165, 1.54) is 4.90 Å². The lowest BCUT2D eigenvalue weighted by Gasteiger charge is -2.47. The summed E-state index contributed by atoms with van der Waals surface area (Å²) in [6.45, 7) is 0.325. The third-order valence-corrected chi connectivity index (χ3v) is 7.22. The van der Waals surface area contributed by atoms with Crippen molar-refractivity contribution in [2.45, 2.75) is 12.5 Å². The van der Waals surface area contributed by atoms with Gasteiger partial charge in [-0.15, -0.1) is 0 Å². The molecule has 1 fully saturated rings. The number of nitrogens with one attached hydrogen (secondary N) is 1. The van der Waals surface area contributed by atoms with E-state index < -0.39 is 29.3 Å². The zero-order chi connectivity index (χ0) is 25.2. The first-order valence-electron chi connectivity index (χ1n) is 10.8. The number of amides is 1. The molecule has 0 spiro atoms. The van der Waals surface area contributed by atoms with Crippen LogP contribution in [0.3, 0.4) is 0 Å². The van der Waals surface area contributed by atoms with E-state index in [1.807, 2.05) is 42.5 Å². The minimum absolute atomic E-state index is 0.0717. The maximum atomic E-state index is 12.9. The lowest BCUT2D eigenvalue weighted by molar-refractivity contribution is 0.0892. The zero-order valence-corrected chi connectivity index (χ0v) is 19.9. The van der Waals surface area contributed by atoms with Crippen molar-refractivity contribution in [2.24, 2.45) is 17.3 Å². The fourth-order valence-electron chi connectivity index (χ4n) is 4.89. The molecule has 0 radical (unpaired) electrons. The summed E-state index contributed by atoms with van der Waals surface area (Å²) >= 11 is 13.0. The van der Waals surface area contributed by atoms with Crippen molar-refractivity contribution < 1.29 is 9.53 Å². The molecule has 1 amide bonds. The third kappa shape index (κ3) is 4.13. The van der Waals surface area contributed by atoms with Gasteiger partial charge in [-0.1, -0.05) is 65.7 Å². The molecule has 2 aromatic rings. The van der Waals surface area contributed by atoms with Gasteiger partial charge in [0.1, 0.15) is 12.5 Å². The molecule has 0 bridgehead atoms. The van der Waals surface area contributed by atoms with E-state index in [0.717, 1.165) is 5.56 Å². The van der Waals surface area contributed by atoms with Crippen LogP contribution in [0.5, 0.6) is 0 Å². The van der Waals surface area contributed by atoms with Crippen LogP contribution in [-0.2, 0) is 11.3 Å². The minimum atomic E-state index is -1.99. The molecular weight excluding hydrogens is 485 g/mol. The highest BCUT2D eigenvalue weighted by Crippen LogP contribution is 2.55. The van der Waals surface area contributed by atoms with Crippen LogP contribution >= 0.6 is 23.2 Å². The van der Waals surface area contributed by atoms with Gasteiger partial charge in [0, 0.05) is 35.0 Å². The second-order valence-electron chi connectivity index (χ2n) is 8.38. The SMILES string of the molecule is N#CC1C(=N)C(C#N)(C#N)[C@H](c2c(Cl)cccc2Cl)[C@H]2CN(C(=O)OCc3ccccc3)CC=C12. The number of rotatable bonds is 3. The molecule has 2 aromatic carbocycles. The predicted octanol–water partition coefficient (Wildman–Crippen LogP) is 5.48. The minimum Gasteiger partial charge on any atom is -0.445 e. The van der Waals surface area contributed by atoms with Gasteiger partial charge in [0.25, 0.3) is 0 Å². The van der Waals surface area contributed by atoms with Crippen LogP contribution < -0.4 is 0 Å². The predicted molar refractivity (Wildman–Crippen MR) is 129 cm³/mol. The second kappa shape index (κ2) is 9.80. The lowest BCUT2D eigenvalue weighted by Crippen LogP contribution is -2.53. The molecule has 1 saturated carbocycles. The molecule has 1 aliphatic carbocycles. The lowest BCUT2D eigenvalue weighted by atomic mass is 9.54. The van der Waals surface area contributed by atoms with E-state index in [4.69, 9.17) is 33.3 Å². The number of halogens is 2.